The summed E-state index contributed by atoms with van der Waals surface area (Å²) in [6.07, 6.45) is -2.56. The molecule has 0 aliphatic carbocycles. The van der Waals surface area contributed by atoms with Crippen molar-refractivity contribution in [1.82, 2.24) is 0 Å². The summed E-state index contributed by atoms with van der Waals surface area (Å²) in [6.45, 7) is 4.52. The van der Waals surface area contributed by atoms with Crippen molar-refractivity contribution in [3.8, 4) is 0 Å². The first-order valence-electron chi connectivity index (χ1n) is 7.71. The molecule has 1 aliphatic rings. The van der Waals surface area contributed by atoms with E-state index in [9.17, 15) is 8.78 Å². The summed E-state index contributed by atoms with van der Waals surface area (Å²) in [4.78, 5) is 2.14. The normalized spacial score (nSPS) is 13.6. The number of benzene rings is 2. The first-order chi connectivity index (χ1) is 11.7. The van der Waals surface area contributed by atoms with Gasteiger partial charge >= 0.3 is 0 Å². The zero-order valence-electron chi connectivity index (χ0n) is 12.9. The molecule has 24 heavy (non-hydrogen) atoms. The van der Waals surface area contributed by atoms with E-state index in [0.717, 1.165) is 22.5 Å². The summed E-state index contributed by atoms with van der Waals surface area (Å²) < 4.78 is 26.6. The molecule has 1 nitrogen and oxygen atoms in total. The first-order valence-corrected chi connectivity index (χ1v) is 8.59. The van der Waals surface area contributed by atoms with Crippen LogP contribution in [0.3, 0.4) is 0 Å². The Labute approximate surface area is 143 Å². The van der Waals surface area contributed by atoms with E-state index in [1.807, 2.05) is 12.1 Å². The van der Waals surface area contributed by atoms with Gasteiger partial charge in [0.15, 0.2) is 0 Å². The molecule has 2 heterocycles. The highest BCUT2D eigenvalue weighted by Crippen LogP contribution is 2.38. The number of nitrogens with zero attached hydrogens (tertiary/aromatic N) is 1. The minimum atomic E-state index is -2.34. The van der Waals surface area contributed by atoms with Crippen molar-refractivity contribution in [2.45, 2.75) is 19.4 Å². The third-order valence-electron chi connectivity index (χ3n) is 4.33. The van der Waals surface area contributed by atoms with Crippen LogP contribution in [-0.2, 0) is 13.0 Å². The van der Waals surface area contributed by atoms with E-state index < -0.39 is 6.43 Å². The molecular weight excluding hydrogens is 324 g/mol. The maximum absolute atomic E-state index is 12.7. The Morgan fingerprint density at radius 2 is 2.04 bits per heavy atom. The molecule has 2 aromatic carbocycles. The highest BCUT2D eigenvalue weighted by Gasteiger charge is 2.25. The minimum absolute atomic E-state index is 0.224. The monoisotopic (exact) mass is 339 g/mol. The van der Waals surface area contributed by atoms with Gasteiger partial charge in [-0.3, -0.25) is 0 Å². The van der Waals surface area contributed by atoms with E-state index in [2.05, 4.69) is 46.9 Å². The summed E-state index contributed by atoms with van der Waals surface area (Å²) in [5.41, 5.74) is 7.64. The van der Waals surface area contributed by atoms with Crippen LogP contribution in [0.5, 0.6) is 0 Å². The average molecular weight is 339 g/mol. The van der Waals surface area contributed by atoms with Crippen LogP contribution in [0.4, 0.5) is 14.5 Å². The lowest BCUT2D eigenvalue weighted by Gasteiger charge is -2.19. The van der Waals surface area contributed by atoms with Crippen molar-refractivity contribution < 1.29 is 8.78 Å². The van der Waals surface area contributed by atoms with Gasteiger partial charge in [-0.15, -0.1) is 17.1 Å². The molecule has 4 rings (SSSR count). The molecule has 0 amide bonds. The van der Waals surface area contributed by atoms with Crippen LogP contribution >= 0.6 is 11.3 Å². The van der Waals surface area contributed by atoms with Crippen molar-refractivity contribution in [2.24, 2.45) is 0 Å². The standard InChI is InChI=1S/C20H15F2NS/c1-2-18-17-9-13(10-20(21)22)3-4-15(17)12-23(18)16-5-6-19-14(11-16)7-8-24-19/h3-9,11,20H,1,10,12H2. The quantitative estimate of drug-likeness (QED) is 0.541. The molecule has 0 unspecified atom stereocenters. The summed E-state index contributed by atoms with van der Waals surface area (Å²) in [5, 5.41) is 3.28. The van der Waals surface area contributed by atoms with Gasteiger partial charge in [0, 0.05) is 28.9 Å². The highest BCUT2D eigenvalue weighted by molar-refractivity contribution is 7.17. The Kier molecular flexibility index (Phi) is 3.72. The first kappa shape index (κ1) is 15.1. The number of hydrogen-bond donors (Lipinski definition) is 0. The third-order valence-corrected chi connectivity index (χ3v) is 5.23. The Morgan fingerprint density at radius 1 is 1.17 bits per heavy atom. The number of hydrogen-bond acceptors (Lipinski definition) is 2. The van der Waals surface area contributed by atoms with Crippen LogP contribution < -0.4 is 4.90 Å². The summed E-state index contributed by atoms with van der Waals surface area (Å²) >= 11 is 1.72. The summed E-state index contributed by atoms with van der Waals surface area (Å²) in [6, 6.07) is 14.0. The molecule has 0 fully saturated rings. The van der Waals surface area contributed by atoms with Gasteiger partial charge in [-0.05, 0) is 52.2 Å². The molecule has 0 saturated carbocycles. The molecule has 0 spiro atoms. The van der Waals surface area contributed by atoms with Gasteiger partial charge in [0.25, 0.3) is 0 Å². The lowest BCUT2D eigenvalue weighted by atomic mass is 10.0. The molecule has 1 aliphatic heterocycles. The van der Waals surface area contributed by atoms with E-state index in [4.69, 9.17) is 0 Å². The molecule has 0 saturated heterocycles. The van der Waals surface area contributed by atoms with E-state index in [1.165, 1.54) is 10.1 Å². The molecule has 3 aromatic rings. The number of fused-ring (bicyclic) bond motifs is 2. The van der Waals surface area contributed by atoms with Crippen LogP contribution in [0.1, 0.15) is 16.7 Å². The van der Waals surface area contributed by atoms with E-state index in [0.29, 0.717) is 12.1 Å². The highest BCUT2D eigenvalue weighted by atomic mass is 32.1. The van der Waals surface area contributed by atoms with Gasteiger partial charge in [-0.2, -0.15) is 0 Å². The molecule has 120 valence electrons. The second kappa shape index (κ2) is 5.90. The van der Waals surface area contributed by atoms with Crippen molar-refractivity contribution in [3.05, 3.63) is 76.8 Å². The van der Waals surface area contributed by atoms with Gasteiger partial charge in [0.2, 0.25) is 6.43 Å². The smallest absolute Gasteiger partial charge is 0.242 e. The average Bonchev–Trinajstić information content (AvgIpc) is 3.16. The van der Waals surface area contributed by atoms with Gasteiger partial charge in [-0.25, -0.2) is 8.78 Å². The minimum Gasteiger partial charge on any atom is -0.330 e. The molecule has 1 aromatic heterocycles. The van der Waals surface area contributed by atoms with Crippen molar-refractivity contribution in [3.63, 3.8) is 0 Å². The van der Waals surface area contributed by atoms with Gasteiger partial charge in [-0.1, -0.05) is 18.7 Å². The van der Waals surface area contributed by atoms with E-state index in [-0.39, 0.29) is 6.42 Å². The van der Waals surface area contributed by atoms with Crippen LogP contribution in [0.15, 0.2) is 60.2 Å². The molecular formula is C20H15F2NS. The number of thiophene rings is 1. The number of anilines is 1. The molecule has 0 N–H and O–H groups in total. The maximum Gasteiger partial charge on any atom is 0.242 e. The van der Waals surface area contributed by atoms with Crippen molar-refractivity contribution in [1.29, 1.82) is 0 Å². The Balaban J connectivity index is 1.74. The van der Waals surface area contributed by atoms with Gasteiger partial charge in [0.05, 0.1) is 5.70 Å². The van der Waals surface area contributed by atoms with Gasteiger partial charge in [0.1, 0.15) is 0 Å². The lowest BCUT2D eigenvalue weighted by molar-refractivity contribution is 0.149. The van der Waals surface area contributed by atoms with Crippen LogP contribution in [0, 0.1) is 0 Å². The summed E-state index contributed by atoms with van der Waals surface area (Å²) in [5.74, 6) is 0. The zero-order valence-corrected chi connectivity index (χ0v) is 13.7. The topological polar surface area (TPSA) is 3.24 Å². The van der Waals surface area contributed by atoms with Crippen LogP contribution in [0.2, 0.25) is 0 Å². The second-order valence-electron chi connectivity index (χ2n) is 5.84. The Bertz CT molecular complexity index is 967. The fraction of sp³-hybridized carbons (Fsp3) is 0.150. The van der Waals surface area contributed by atoms with Crippen molar-refractivity contribution in [2.75, 3.05) is 4.90 Å². The van der Waals surface area contributed by atoms with Crippen LogP contribution in [0.25, 0.3) is 15.8 Å². The van der Waals surface area contributed by atoms with Crippen molar-refractivity contribution >= 4 is 32.8 Å². The second-order valence-corrected chi connectivity index (χ2v) is 6.79. The fourth-order valence-corrected chi connectivity index (χ4v) is 3.99. The van der Waals surface area contributed by atoms with Crippen LogP contribution in [-0.4, -0.2) is 6.43 Å². The Morgan fingerprint density at radius 3 is 2.83 bits per heavy atom. The fourth-order valence-electron chi connectivity index (χ4n) is 3.21. The number of rotatable bonds is 3. The predicted molar refractivity (Wildman–Crippen MR) is 96.7 cm³/mol. The largest absolute Gasteiger partial charge is 0.330 e. The SMILES string of the molecule is C=C=C1c2cc(CC(F)F)ccc2CN1c1ccc2sccc2c1. The molecule has 0 radical (unpaired) electrons. The van der Waals surface area contributed by atoms with E-state index in [1.54, 1.807) is 17.4 Å². The molecule has 0 bridgehead atoms. The summed E-state index contributed by atoms with van der Waals surface area (Å²) in [7, 11) is 0. The lowest BCUT2D eigenvalue weighted by Crippen LogP contribution is -2.12. The number of alkyl halides is 2. The Hall–Kier alpha value is -2.42. The molecule has 0 atom stereocenters. The van der Waals surface area contributed by atoms with E-state index >= 15 is 0 Å². The molecule has 4 heteroatoms. The van der Waals surface area contributed by atoms with Gasteiger partial charge < -0.3 is 4.90 Å². The third kappa shape index (κ3) is 2.54. The predicted octanol–water partition coefficient (Wildman–Crippen LogP) is 5.85. The number of halogens is 2. The zero-order chi connectivity index (χ0) is 16.7. The maximum atomic E-state index is 12.7.